The van der Waals surface area contributed by atoms with Crippen LogP contribution in [-0.4, -0.2) is 18.0 Å². The molecule has 0 heterocycles. The molecule has 0 fully saturated rings. The van der Waals surface area contributed by atoms with Gasteiger partial charge in [0.15, 0.2) is 6.10 Å². The van der Waals surface area contributed by atoms with E-state index in [1.54, 1.807) is 0 Å². The SMILES string of the molecule is Cc1ccc(/C=C/C(=O)O[C@H](C)C(=O)Nc2ccccc2C(F)(F)F)cc1. The van der Waals surface area contributed by atoms with Gasteiger partial charge in [0.05, 0.1) is 11.3 Å². The van der Waals surface area contributed by atoms with Crippen molar-refractivity contribution in [1.82, 2.24) is 0 Å². The van der Waals surface area contributed by atoms with E-state index in [0.717, 1.165) is 29.3 Å². The molecule has 0 aromatic heterocycles. The van der Waals surface area contributed by atoms with Gasteiger partial charge in [-0.05, 0) is 37.6 Å². The van der Waals surface area contributed by atoms with Gasteiger partial charge in [-0.2, -0.15) is 13.2 Å². The Morgan fingerprint density at radius 2 is 1.70 bits per heavy atom. The first-order chi connectivity index (χ1) is 12.7. The molecule has 1 N–H and O–H groups in total. The van der Waals surface area contributed by atoms with Crippen molar-refractivity contribution >= 4 is 23.6 Å². The third-order valence-corrected chi connectivity index (χ3v) is 3.64. The van der Waals surface area contributed by atoms with E-state index >= 15 is 0 Å². The Labute approximate surface area is 154 Å². The number of alkyl halides is 3. The van der Waals surface area contributed by atoms with Crippen LogP contribution in [0.1, 0.15) is 23.6 Å². The van der Waals surface area contributed by atoms with E-state index in [2.05, 4.69) is 5.32 Å². The molecule has 0 aliphatic heterocycles. The molecule has 142 valence electrons. The van der Waals surface area contributed by atoms with E-state index in [-0.39, 0.29) is 0 Å². The fraction of sp³-hybridized carbons (Fsp3) is 0.200. The second-order valence-corrected chi connectivity index (χ2v) is 5.86. The summed E-state index contributed by atoms with van der Waals surface area (Å²) < 4.78 is 43.8. The Kier molecular flexibility index (Phi) is 6.39. The highest BCUT2D eigenvalue weighted by atomic mass is 19.4. The third kappa shape index (κ3) is 5.99. The zero-order valence-electron chi connectivity index (χ0n) is 14.7. The number of carbonyl (C=O) groups excluding carboxylic acids is 2. The molecule has 0 unspecified atom stereocenters. The van der Waals surface area contributed by atoms with E-state index in [1.807, 2.05) is 31.2 Å². The number of aryl methyl sites for hydroxylation is 1. The van der Waals surface area contributed by atoms with E-state index in [0.29, 0.717) is 0 Å². The van der Waals surface area contributed by atoms with Gasteiger partial charge in [0, 0.05) is 6.08 Å². The number of rotatable bonds is 5. The molecule has 0 radical (unpaired) electrons. The Morgan fingerprint density at radius 3 is 2.33 bits per heavy atom. The molecule has 0 aliphatic rings. The van der Waals surface area contributed by atoms with Gasteiger partial charge in [0.2, 0.25) is 0 Å². The third-order valence-electron chi connectivity index (χ3n) is 3.64. The van der Waals surface area contributed by atoms with E-state index < -0.39 is 35.4 Å². The molecule has 1 atom stereocenters. The highest BCUT2D eigenvalue weighted by Gasteiger charge is 2.34. The number of halogens is 3. The van der Waals surface area contributed by atoms with Crippen molar-refractivity contribution < 1.29 is 27.5 Å². The number of amides is 1. The highest BCUT2D eigenvalue weighted by molar-refractivity contribution is 5.97. The van der Waals surface area contributed by atoms with Gasteiger partial charge in [-0.25, -0.2) is 4.79 Å². The molecule has 0 saturated heterocycles. The molecule has 2 aromatic carbocycles. The number of hydrogen-bond acceptors (Lipinski definition) is 3. The summed E-state index contributed by atoms with van der Waals surface area (Å²) in [4.78, 5) is 23.9. The maximum Gasteiger partial charge on any atom is 0.418 e. The number of ether oxygens (including phenoxy) is 1. The summed E-state index contributed by atoms with van der Waals surface area (Å²) in [6, 6.07) is 11.9. The Balaban J connectivity index is 1.98. The first-order valence-electron chi connectivity index (χ1n) is 8.09. The van der Waals surface area contributed by atoms with E-state index in [9.17, 15) is 22.8 Å². The molecule has 0 aliphatic carbocycles. The van der Waals surface area contributed by atoms with Gasteiger partial charge < -0.3 is 10.1 Å². The van der Waals surface area contributed by atoms with Crippen molar-refractivity contribution in [2.75, 3.05) is 5.32 Å². The molecule has 1 amide bonds. The maximum atomic E-state index is 13.0. The predicted octanol–water partition coefficient (Wildman–Crippen LogP) is 4.60. The van der Waals surface area contributed by atoms with Crippen LogP contribution in [0.25, 0.3) is 6.08 Å². The topological polar surface area (TPSA) is 55.4 Å². The molecule has 4 nitrogen and oxygen atoms in total. The first-order valence-corrected chi connectivity index (χ1v) is 8.09. The molecule has 27 heavy (non-hydrogen) atoms. The van der Waals surface area contributed by atoms with Crippen molar-refractivity contribution in [2.45, 2.75) is 26.1 Å². The molecular formula is C20H18F3NO3. The zero-order valence-corrected chi connectivity index (χ0v) is 14.7. The summed E-state index contributed by atoms with van der Waals surface area (Å²) in [5.74, 6) is -1.63. The van der Waals surface area contributed by atoms with Crippen LogP contribution >= 0.6 is 0 Å². The van der Waals surface area contributed by atoms with Gasteiger partial charge in [0.1, 0.15) is 0 Å². The number of anilines is 1. The van der Waals surface area contributed by atoms with Crippen LogP contribution in [0.5, 0.6) is 0 Å². The van der Waals surface area contributed by atoms with Crippen molar-refractivity contribution in [3.8, 4) is 0 Å². The van der Waals surface area contributed by atoms with Crippen molar-refractivity contribution in [1.29, 1.82) is 0 Å². The lowest BCUT2D eigenvalue weighted by Gasteiger charge is -2.16. The lowest BCUT2D eigenvalue weighted by atomic mass is 10.1. The van der Waals surface area contributed by atoms with Gasteiger partial charge in [-0.15, -0.1) is 0 Å². The van der Waals surface area contributed by atoms with E-state index in [1.165, 1.54) is 25.1 Å². The number of esters is 1. The number of benzene rings is 2. The highest BCUT2D eigenvalue weighted by Crippen LogP contribution is 2.34. The molecule has 0 spiro atoms. The Morgan fingerprint density at radius 1 is 1.07 bits per heavy atom. The first kappa shape index (κ1) is 20.2. The molecule has 2 rings (SSSR count). The quantitative estimate of drug-likeness (QED) is 0.612. The number of carbonyl (C=O) groups is 2. The molecular weight excluding hydrogens is 359 g/mol. The molecule has 2 aromatic rings. The fourth-order valence-corrected chi connectivity index (χ4v) is 2.18. The van der Waals surface area contributed by atoms with Crippen LogP contribution in [0.3, 0.4) is 0 Å². The number of nitrogens with one attached hydrogen (secondary N) is 1. The standard InChI is InChI=1S/C20H18F3NO3/c1-13-7-9-15(10-8-13)11-12-18(25)27-14(2)19(26)24-17-6-4-3-5-16(17)20(21,22)23/h3-12,14H,1-2H3,(H,24,26)/b12-11+/t14-/m1/s1. The van der Waals surface area contributed by atoms with Crippen molar-refractivity contribution in [3.05, 3.63) is 71.3 Å². The zero-order chi connectivity index (χ0) is 20.0. The van der Waals surface area contributed by atoms with Gasteiger partial charge in [-0.3, -0.25) is 4.79 Å². The smallest absolute Gasteiger partial charge is 0.418 e. The van der Waals surface area contributed by atoms with Crippen LogP contribution in [0.2, 0.25) is 0 Å². The van der Waals surface area contributed by atoms with Crippen molar-refractivity contribution in [2.24, 2.45) is 0 Å². The Bertz CT molecular complexity index is 842. The average Bonchev–Trinajstić information content (AvgIpc) is 2.60. The van der Waals surface area contributed by atoms with Crippen LogP contribution in [0.15, 0.2) is 54.6 Å². The summed E-state index contributed by atoms with van der Waals surface area (Å²) in [5.41, 5.74) is 0.470. The predicted molar refractivity (Wildman–Crippen MR) is 95.8 cm³/mol. The van der Waals surface area contributed by atoms with Crippen LogP contribution < -0.4 is 5.32 Å². The van der Waals surface area contributed by atoms with Crippen molar-refractivity contribution in [3.63, 3.8) is 0 Å². The molecule has 0 saturated carbocycles. The van der Waals surface area contributed by atoms with E-state index in [4.69, 9.17) is 4.74 Å². The normalized spacial score (nSPS) is 12.6. The van der Waals surface area contributed by atoms with Crippen LogP contribution in [0.4, 0.5) is 18.9 Å². The minimum absolute atomic E-state index is 0.395. The Hall–Kier alpha value is -3.09. The second-order valence-electron chi connectivity index (χ2n) is 5.86. The summed E-state index contributed by atoms with van der Waals surface area (Å²) in [7, 11) is 0. The van der Waals surface area contributed by atoms with Crippen LogP contribution in [0, 0.1) is 6.92 Å². The maximum absolute atomic E-state index is 13.0. The van der Waals surface area contributed by atoms with Gasteiger partial charge in [-0.1, -0.05) is 42.0 Å². The summed E-state index contributed by atoms with van der Waals surface area (Å²) in [6.07, 6.45) is -3.20. The number of hydrogen-bond donors (Lipinski definition) is 1. The lowest BCUT2D eigenvalue weighted by molar-refractivity contribution is -0.148. The van der Waals surface area contributed by atoms with Gasteiger partial charge >= 0.3 is 12.1 Å². The monoisotopic (exact) mass is 377 g/mol. The number of para-hydroxylation sites is 1. The van der Waals surface area contributed by atoms with Crippen LogP contribution in [-0.2, 0) is 20.5 Å². The lowest BCUT2D eigenvalue weighted by Crippen LogP contribution is -2.30. The second kappa shape index (κ2) is 8.53. The largest absolute Gasteiger partial charge is 0.449 e. The average molecular weight is 377 g/mol. The summed E-state index contributed by atoms with van der Waals surface area (Å²) in [6.45, 7) is 3.21. The molecule has 0 bridgehead atoms. The minimum atomic E-state index is -4.61. The molecule has 7 heteroatoms. The summed E-state index contributed by atoms with van der Waals surface area (Å²) in [5, 5.41) is 2.14. The summed E-state index contributed by atoms with van der Waals surface area (Å²) >= 11 is 0. The fourth-order valence-electron chi connectivity index (χ4n) is 2.18. The van der Waals surface area contributed by atoms with Gasteiger partial charge in [0.25, 0.3) is 5.91 Å². The minimum Gasteiger partial charge on any atom is -0.449 e.